The van der Waals surface area contributed by atoms with Crippen LogP contribution in [0.2, 0.25) is 0 Å². The Hall–Kier alpha value is -2.70. The number of hydrazone groups is 1. The number of hydrogen-bond acceptors (Lipinski definition) is 4. The van der Waals surface area contributed by atoms with E-state index in [2.05, 4.69) is 10.4 Å². The lowest BCUT2D eigenvalue weighted by Gasteiger charge is -2.23. The second kappa shape index (κ2) is 8.54. The first-order valence-corrected chi connectivity index (χ1v) is 9.89. The van der Waals surface area contributed by atoms with Gasteiger partial charge in [-0.2, -0.15) is 5.10 Å². The standard InChI is InChI=1S/C21H27N3O4/c1-13-14(2)23-24(20(13)26)18-11-9-15(10-12-18)19(25)22-17-7-3-5-16(21(27)28)6-4-8-17/h9-13,16-17H,3-8H2,1-2H3,(H,22,25)(H,27,28). The molecule has 2 N–H and O–H groups in total. The minimum Gasteiger partial charge on any atom is -0.481 e. The second-order valence-corrected chi connectivity index (χ2v) is 7.73. The first kappa shape index (κ1) is 20.0. The van der Waals surface area contributed by atoms with Crippen molar-refractivity contribution in [2.75, 3.05) is 5.01 Å². The number of carbonyl (C=O) groups excluding carboxylic acids is 2. The van der Waals surface area contributed by atoms with Gasteiger partial charge in [0.25, 0.3) is 11.8 Å². The van der Waals surface area contributed by atoms with E-state index in [1.807, 2.05) is 13.8 Å². The van der Waals surface area contributed by atoms with Crippen molar-refractivity contribution in [2.24, 2.45) is 16.9 Å². The number of carboxylic acids is 1. The molecule has 150 valence electrons. The zero-order chi connectivity index (χ0) is 20.3. The fourth-order valence-corrected chi connectivity index (χ4v) is 3.76. The van der Waals surface area contributed by atoms with Gasteiger partial charge in [0.1, 0.15) is 0 Å². The molecule has 0 radical (unpaired) electrons. The van der Waals surface area contributed by atoms with Crippen LogP contribution >= 0.6 is 0 Å². The molecule has 1 heterocycles. The summed E-state index contributed by atoms with van der Waals surface area (Å²) in [7, 11) is 0. The molecule has 0 aromatic heterocycles. The maximum atomic E-state index is 12.6. The number of benzene rings is 1. The van der Waals surface area contributed by atoms with Crippen LogP contribution in [0.4, 0.5) is 5.69 Å². The van der Waals surface area contributed by atoms with E-state index in [9.17, 15) is 14.4 Å². The highest BCUT2D eigenvalue weighted by atomic mass is 16.4. The predicted octanol–water partition coefficient (Wildman–Crippen LogP) is 3.20. The Bertz CT molecular complexity index is 777. The Morgan fingerprint density at radius 3 is 2.21 bits per heavy atom. The van der Waals surface area contributed by atoms with Crippen LogP contribution in [-0.4, -0.2) is 34.6 Å². The Balaban J connectivity index is 1.58. The lowest BCUT2D eigenvalue weighted by Crippen LogP contribution is -2.36. The van der Waals surface area contributed by atoms with E-state index in [4.69, 9.17) is 5.11 Å². The number of carbonyl (C=O) groups is 3. The van der Waals surface area contributed by atoms with E-state index in [0.29, 0.717) is 24.1 Å². The van der Waals surface area contributed by atoms with Crippen LogP contribution in [-0.2, 0) is 9.59 Å². The van der Waals surface area contributed by atoms with Crippen LogP contribution in [0, 0.1) is 11.8 Å². The molecule has 1 atom stereocenters. The molecule has 28 heavy (non-hydrogen) atoms. The summed E-state index contributed by atoms with van der Waals surface area (Å²) in [6.07, 6.45) is 4.52. The maximum absolute atomic E-state index is 12.6. The van der Waals surface area contributed by atoms with E-state index < -0.39 is 5.97 Å². The van der Waals surface area contributed by atoms with Gasteiger partial charge in [0.2, 0.25) is 0 Å². The summed E-state index contributed by atoms with van der Waals surface area (Å²) in [6.45, 7) is 3.66. The second-order valence-electron chi connectivity index (χ2n) is 7.73. The van der Waals surface area contributed by atoms with Gasteiger partial charge in [-0.3, -0.25) is 14.4 Å². The van der Waals surface area contributed by atoms with Gasteiger partial charge in [-0.1, -0.05) is 12.8 Å². The van der Waals surface area contributed by atoms with Gasteiger partial charge < -0.3 is 10.4 Å². The third-order valence-electron chi connectivity index (χ3n) is 5.73. The number of rotatable bonds is 4. The minimum atomic E-state index is -0.715. The summed E-state index contributed by atoms with van der Waals surface area (Å²) in [4.78, 5) is 35.9. The molecule has 1 aliphatic carbocycles. The Morgan fingerprint density at radius 1 is 1.11 bits per heavy atom. The van der Waals surface area contributed by atoms with Gasteiger partial charge in [-0.15, -0.1) is 0 Å². The largest absolute Gasteiger partial charge is 0.481 e. The topological polar surface area (TPSA) is 99.1 Å². The maximum Gasteiger partial charge on any atom is 0.306 e. The fourth-order valence-electron chi connectivity index (χ4n) is 3.76. The molecule has 0 spiro atoms. The average Bonchev–Trinajstić information content (AvgIpc) is 2.91. The van der Waals surface area contributed by atoms with Crippen molar-refractivity contribution in [1.29, 1.82) is 0 Å². The minimum absolute atomic E-state index is 0.0650. The van der Waals surface area contributed by atoms with Crippen LogP contribution in [0.1, 0.15) is 62.7 Å². The highest BCUT2D eigenvalue weighted by Gasteiger charge is 2.30. The molecule has 3 rings (SSSR count). The number of carboxylic acid groups (broad SMARTS) is 1. The zero-order valence-electron chi connectivity index (χ0n) is 16.4. The third kappa shape index (κ3) is 4.40. The molecule has 2 amide bonds. The van der Waals surface area contributed by atoms with E-state index in [1.54, 1.807) is 24.3 Å². The highest BCUT2D eigenvalue weighted by molar-refractivity contribution is 6.14. The molecule has 1 unspecified atom stereocenters. The lowest BCUT2D eigenvalue weighted by molar-refractivity contribution is -0.142. The molecule has 7 nitrogen and oxygen atoms in total. The van der Waals surface area contributed by atoms with Gasteiger partial charge in [0.15, 0.2) is 0 Å². The Kier molecular flexibility index (Phi) is 6.11. The summed E-state index contributed by atoms with van der Waals surface area (Å²) < 4.78 is 0. The number of anilines is 1. The molecular weight excluding hydrogens is 358 g/mol. The zero-order valence-corrected chi connectivity index (χ0v) is 16.4. The van der Waals surface area contributed by atoms with E-state index in [-0.39, 0.29) is 29.7 Å². The van der Waals surface area contributed by atoms with Gasteiger partial charge in [0.05, 0.1) is 17.5 Å². The third-order valence-corrected chi connectivity index (χ3v) is 5.73. The van der Waals surface area contributed by atoms with Gasteiger partial charge in [-0.25, -0.2) is 5.01 Å². The van der Waals surface area contributed by atoms with Crippen molar-refractivity contribution in [3.05, 3.63) is 29.8 Å². The first-order valence-electron chi connectivity index (χ1n) is 9.89. The Labute approximate surface area is 164 Å². The number of nitrogens with one attached hydrogen (secondary N) is 1. The van der Waals surface area contributed by atoms with E-state index in [0.717, 1.165) is 31.4 Å². The van der Waals surface area contributed by atoms with Gasteiger partial charge in [0, 0.05) is 17.3 Å². The van der Waals surface area contributed by atoms with E-state index >= 15 is 0 Å². The van der Waals surface area contributed by atoms with Crippen LogP contribution in [0.3, 0.4) is 0 Å². The molecule has 2 aliphatic rings. The molecule has 1 aromatic rings. The molecule has 1 aliphatic heterocycles. The number of hydrogen-bond donors (Lipinski definition) is 2. The van der Waals surface area contributed by atoms with E-state index in [1.165, 1.54) is 5.01 Å². The number of amides is 2. The summed E-state index contributed by atoms with van der Waals surface area (Å²) in [5.41, 5.74) is 1.96. The first-order chi connectivity index (χ1) is 13.4. The summed E-state index contributed by atoms with van der Waals surface area (Å²) >= 11 is 0. The van der Waals surface area contributed by atoms with Crippen molar-refractivity contribution < 1.29 is 19.5 Å². The predicted molar refractivity (Wildman–Crippen MR) is 106 cm³/mol. The van der Waals surface area contributed by atoms with Crippen LogP contribution in [0.5, 0.6) is 0 Å². The smallest absolute Gasteiger partial charge is 0.306 e. The van der Waals surface area contributed by atoms with Gasteiger partial charge in [-0.05, 0) is 63.8 Å². The monoisotopic (exact) mass is 385 g/mol. The average molecular weight is 385 g/mol. The van der Waals surface area contributed by atoms with Crippen LogP contribution < -0.4 is 10.3 Å². The molecule has 0 bridgehead atoms. The molecule has 1 aromatic carbocycles. The normalized spacial score (nSPS) is 25.6. The molecule has 1 fully saturated rings. The van der Waals surface area contributed by atoms with Crippen molar-refractivity contribution in [3.8, 4) is 0 Å². The van der Waals surface area contributed by atoms with Crippen molar-refractivity contribution in [2.45, 2.75) is 58.4 Å². The summed E-state index contributed by atoms with van der Waals surface area (Å²) in [6, 6.07) is 6.94. The van der Waals surface area contributed by atoms with Crippen molar-refractivity contribution in [3.63, 3.8) is 0 Å². The Morgan fingerprint density at radius 2 is 1.71 bits per heavy atom. The number of nitrogens with zero attached hydrogens (tertiary/aromatic N) is 2. The molecular formula is C21H27N3O4. The van der Waals surface area contributed by atoms with Crippen LogP contribution in [0.15, 0.2) is 29.4 Å². The quantitative estimate of drug-likeness (QED) is 0.831. The summed E-state index contributed by atoms with van der Waals surface area (Å²) in [5, 5.41) is 17.9. The van der Waals surface area contributed by atoms with Gasteiger partial charge >= 0.3 is 5.97 Å². The lowest BCUT2D eigenvalue weighted by atomic mass is 9.89. The molecule has 1 saturated carbocycles. The number of aliphatic carboxylic acids is 1. The fraction of sp³-hybridized carbons (Fsp3) is 0.524. The summed E-state index contributed by atoms with van der Waals surface area (Å²) in [5.74, 6) is -1.40. The SMILES string of the molecule is CC1=NN(c2ccc(C(=O)NC3CCCC(C(=O)O)CCC3)cc2)C(=O)C1C. The van der Waals surface area contributed by atoms with Crippen LogP contribution in [0.25, 0.3) is 0 Å². The van der Waals surface area contributed by atoms with Crippen molar-refractivity contribution in [1.82, 2.24) is 5.32 Å². The van der Waals surface area contributed by atoms with Crippen molar-refractivity contribution >= 4 is 29.2 Å². The molecule has 0 saturated heterocycles. The highest BCUT2D eigenvalue weighted by Crippen LogP contribution is 2.25. The molecule has 7 heteroatoms.